The normalized spacial score (nSPS) is 7.62. The number of esters is 1. The number of carbonyl (C=O) groups excluding carboxylic acids is 1. The van der Waals surface area contributed by atoms with Crippen LogP contribution in [0.3, 0.4) is 0 Å². The molecule has 1 N–H and O–H groups in total. The molecular formula is C8H14O5. The minimum atomic E-state index is -1.25. The second kappa shape index (κ2) is 8.58. The van der Waals surface area contributed by atoms with Crippen LogP contribution in [0.4, 0.5) is 4.79 Å². The van der Waals surface area contributed by atoms with Gasteiger partial charge in [-0.3, -0.25) is 0 Å². The minimum absolute atomic E-state index is 0.312. The SMILES string of the molecule is C=C(C)C(=O)OCC.COC(=O)O. The Hall–Kier alpha value is -1.52. The fourth-order valence-corrected chi connectivity index (χ4v) is 0.254. The highest BCUT2D eigenvalue weighted by molar-refractivity contribution is 5.86. The fraction of sp³-hybridized carbons (Fsp3) is 0.500. The lowest BCUT2D eigenvalue weighted by Crippen LogP contribution is -2.03. The molecule has 5 nitrogen and oxygen atoms in total. The van der Waals surface area contributed by atoms with E-state index in [4.69, 9.17) is 9.90 Å². The zero-order valence-electron chi connectivity index (χ0n) is 7.99. The monoisotopic (exact) mass is 190 g/mol. The summed E-state index contributed by atoms with van der Waals surface area (Å²) < 4.78 is 8.23. The van der Waals surface area contributed by atoms with Crippen molar-refractivity contribution in [2.45, 2.75) is 13.8 Å². The first-order chi connectivity index (χ1) is 5.95. The van der Waals surface area contributed by atoms with Crippen molar-refractivity contribution < 1.29 is 24.2 Å². The standard InChI is InChI=1S/C6H10O2.C2H4O3/c1-4-8-6(7)5(2)3;1-5-2(3)4/h2,4H2,1,3H3;1H3,(H,3,4). The number of rotatable bonds is 2. The Kier molecular flexibility index (Phi) is 9.25. The molecule has 0 radical (unpaired) electrons. The van der Waals surface area contributed by atoms with E-state index in [0.717, 1.165) is 7.11 Å². The third-order valence-corrected chi connectivity index (χ3v) is 0.799. The molecule has 13 heavy (non-hydrogen) atoms. The molecule has 5 heteroatoms. The van der Waals surface area contributed by atoms with Crippen molar-refractivity contribution in [3.8, 4) is 0 Å². The van der Waals surface area contributed by atoms with Crippen LogP contribution in [0.2, 0.25) is 0 Å². The maximum Gasteiger partial charge on any atom is 0.505 e. The van der Waals surface area contributed by atoms with Crippen LogP contribution in [0.25, 0.3) is 0 Å². The quantitative estimate of drug-likeness (QED) is 0.526. The molecule has 0 rings (SSSR count). The molecule has 0 bridgehead atoms. The zero-order chi connectivity index (χ0) is 10.9. The van der Waals surface area contributed by atoms with Crippen LogP contribution in [0.15, 0.2) is 12.2 Å². The van der Waals surface area contributed by atoms with Crippen molar-refractivity contribution in [1.82, 2.24) is 0 Å². The van der Waals surface area contributed by atoms with E-state index < -0.39 is 6.16 Å². The van der Waals surface area contributed by atoms with Gasteiger partial charge in [-0.2, -0.15) is 0 Å². The summed E-state index contributed by atoms with van der Waals surface area (Å²) in [6.07, 6.45) is -1.25. The molecule has 0 aromatic heterocycles. The zero-order valence-corrected chi connectivity index (χ0v) is 7.99. The number of methoxy groups -OCH3 is 1. The van der Waals surface area contributed by atoms with Crippen molar-refractivity contribution in [1.29, 1.82) is 0 Å². The van der Waals surface area contributed by atoms with Crippen LogP contribution in [-0.4, -0.2) is 30.9 Å². The van der Waals surface area contributed by atoms with E-state index in [2.05, 4.69) is 16.1 Å². The molecule has 0 aromatic carbocycles. The Morgan fingerprint density at radius 3 is 1.92 bits per heavy atom. The highest BCUT2D eigenvalue weighted by Gasteiger charge is 1.98. The van der Waals surface area contributed by atoms with Gasteiger partial charge in [0.25, 0.3) is 0 Å². The second-order valence-corrected chi connectivity index (χ2v) is 1.97. The topological polar surface area (TPSA) is 72.8 Å². The van der Waals surface area contributed by atoms with Gasteiger partial charge >= 0.3 is 12.1 Å². The van der Waals surface area contributed by atoms with Crippen LogP contribution in [-0.2, 0) is 14.3 Å². The van der Waals surface area contributed by atoms with Crippen molar-refractivity contribution in [2.24, 2.45) is 0 Å². The smallest absolute Gasteiger partial charge is 0.463 e. The van der Waals surface area contributed by atoms with E-state index in [1.54, 1.807) is 13.8 Å². The molecule has 0 saturated heterocycles. The van der Waals surface area contributed by atoms with Gasteiger partial charge in [-0.05, 0) is 13.8 Å². The molecule has 0 aliphatic carbocycles. The van der Waals surface area contributed by atoms with Crippen LogP contribution in [0.1, 0.15) is 13.8 Å². The molecule has 0 heterocycles. The number of hydrogen-bond acceptors (Lipinski definition) is 4. The Bertz CT molecular complexity index is 185. The van der Waals surface area contributed by atoms with E-state index in [9.17, 15) is 4.79 Å². The molecule has 0 unspecified atom stereocenters. The predicted octanol–water partition coefficient (Wildman–Crippen LogP) is 1.44. The lowest BCUT2D eigenvalue weighted by atomic mass is 10.4. The first-order valence-corrected chi connectivity index (χ1v) is 3.55. The lowest BCUT2D eigenvalue weighted by Gasteiger charge is -1.96. The summed E-state index contributed by atoms with van der Waals surface area (Å²) in [5.74, 6) is -0.312. The molecule has 0 saturated carbocycles. The maximum atomic E-state index is 10.4. The number of carbonyl (C=O) groups is 2. The van der Waals surface area contributed by atoms with E-state index in [1.165, 1.54) is 0 Å². The van der Waals surface area contributed by atoms with Gasteiger partial charge in [0.1, 0.15) is 0 Å². The summed E-state index contributed by atoms with van der Waals surface area (Å²) >= 11 is 0. The molecular weight excluding hydrogens is 176 g/mol. The molecule has 76 valence electrons. The molecule has 0 amide bonds. The summed E-state index contributed by atoms with van der Waals surface area (Å²) in [7, 11) is 1.10. The van der Waals surface area contributed by atoms with E-state index in [-0.39, 0.29) is 5.97 Å². The molecule has 0 aromatic rings. The number of carboxylic acid groups (broad SMARTS) is 1. The highest BCUT2D eigenvalue weighted by Crippen LogP contribution is 1.89. The van der Waals surface area contributed by atoms with Crippen molar-refractivity contribution in [3.63, 3.8) is 0 Å². The van der Waals surface area contributed by atoms with E-state index in [1.807, 2.05) is 0 Å². The van der Waals surface area contributed by atoms with Crippen LogP contribution in [0.5, 0.6) is 0 Å². The Labute approximate surface area is 77.0 Å². The summed E-state index contributed by atoms with van der Waals surface area (Å²) in [5, 5.41) is 7.50. The Morgan fingerprint density at radius 2 is 1.85 bits per heavy atom. The van der Waals surface area contributed by atoms with Crippen molar-refractivity contribution in [3.05, 3.63) is 12.2 Å². The molecule has 0 spiro atoms. The summed E-state index contributed by atoms with van der Waals surface area (Å²) in [6, 6.07) is 0. The van der Waals surface area contributed by atoms with Crippen LogP contribution >= 0.6 is 0 Å². The maximum absolute atomic E-state index is 10.4. The number of ether oxygens (including phenoxy) is 2. The van der Waals surface area contributed by atoms with Crippen LogP contribution in [0, 0.1) is 0 Å². The summed E-state index contributed by atoms with van der Waals surface area (Å²) in [4.78, 5) is 19.6. The van der Waals surface area contributed by atoms with Gasteiger partial charge in [0.15, 0.2) is 0 Å². The third-order valence-electron chi connectivity index (χ3n) is 0.799. The van der Waals surface area contributed by atoms with E-state index >= 15 is 0 Å². The Morgan fingerprint density at radius 1 is 1.46 bits per heavy atom. The fourth-order valence-electron chi connectivity index (χ4n) is 0.254. The molecule has 0 aliphatic heterocycles. The van der Waals surface area contributed by atoms with Crippen LogP contribution < -0.4 is 0 Å². The molecule has 0 fully saturated rings. The third kappa shape index (κ3) is 13.5. The number of hydrogen-bond donors (Lipinski definition) is 1. The first kappa shape index (κ1) is 14.0. The highest BCUT2D eigenvalue weighted by atomic mass is 16.6. The van der Waals surface area contributed by atoms with Crippen molar-refractivity contribution in [2.75, 3.05) is 13.7 Å². The average Bonchev–Trinajstić information content (AvgIpc) is 2.06. The van der Waals surface area contributed by atoms with Gasteiger partial charge in [-0.25, -0.2) is 9.59 Å². The minimum Gasteiger partial charge on any atom is -0.463 e. The summed E-state index contributed by atoms with van der Waals surface area (Å²) in [5.41, 5.74) is 0.451. The first-order valence-electron chi connectivity index (χ1n) is 3.55. The van der Waals surface area contributed by atoms with E-state index in [0.29, 0.717) is 12.2 Å². The van der Waals surface area contributed by atoms with Gasteiger partial charge in [0.2, 0.25) is 0 Å². The summed E-state index contributed by atoms with van der Waals surface area (Å²) in [6.45, 7) is 7.21. The van der Waals surface area contributed by atoms with Gasteiger partial charge in [0, 0.05) is 5.57 Å². The second-order valence-electron chi connectivity index (χ2n) is 1.97. The van der Waals surface area contributed by atoms with Gasteiger partial charge in [-0.1, -0.05) is 6.58 Å². The lowest BCUT2D eigenvalue weighted by molar-refractivity contribution is -0.138. The average molecular weight is 190 g/mol. The Balaban J connectivity index is 0. The van der Waals surface area contributed by atoms with Gasteiger partial charge in [0.05, 0.1) is 13.7 Å². The van der Waals surface area contributed by atoms with Crippen molar-refractivity contribution >= 4 is 12.1 Å². The molecule has 0 aliphatic rings. The van der Waals surface area contributed by atoms with Gasteiger partial charge in [-0.15, -0.1) is 0 Å². The largest absolute Gasteiger partial charge is 0.505 e. The predicted molar refractivity (Wildman–Crippen MR) is 46.5 cm³/mol. The molecule has 0 atom stereocenters. The van der Waals surface area contributed by atoms with Gasteiger partial charge < -0.3 is 14.6 Å².